The minimum atomic E-state index is -0.868. The summed E-state index contributed by atoms with van der Waals surface area (Å²) < 4.78 is 4.72. The van der Waals surface area contributed by atoms with Crippen LogP contribution in [0.5, 0.6) is 0 Å². The first-order chi connectivity index (χ1) is 9.90. The van der Waals surface area contributed by atoms with Gasteiger partial charge in [0, 0.05) is 5.69 Å². The van der Waals surface area contributed by atoms with Gasteiger partial charge >= 0.3 is 12.0 Å². The van der Waals surface area contributed by atoms with Crippen molar-refractivity contribution in [2.75, 3.05) is 11.9 Å². The Kier molecular flexibility index (Phi) is 6.19. The molecule has 114 valence electrons. The fourth-order valence-corrected chi connectivity index (χ4v) is 1.56. The summed E-state index contributed by atoms with van der Waals surface area (Å²) in [7, 11) is 0. The van der Waals surface area contributed by atoms with E-state index in [1.165, 1.54) is 0 Å². The third kappa shape index (κ3) is 5.94. The molecular formula is C14H19N3O4. The standard InChI is InChI=1S/C14H19N3O4/c1-9(2)12(13(19)21-8-11(15)18)17-14(20)16-10-6-4-3-5-7-10/h3-7,9,12H,8H2,1-2H3,(H2,15,18)(H2,16,17,20)/t12-/m0/s1. The van der Waals surface area contributed by atoms with E-state index in [1.54, 1.807) is 38.1 Å². The summed E-state index contributed by atoms with van der Waals surface area (Å²) >= 11 is 0. The van der Waals surface area contributed by atoms with Crippen molar-refractivity contribution in [2.24, 2.45) is 11.7 Å². The van der Waals surface area contributed by atoms with Crippen LogP contribution in [-0.4, -0.2) is 30.6 Å². The fraction of sp³-hybridized carbons (Fsp3) is 0.357. The number of hydrogen-bond donors (Lipinski definition) is 3. The lowest BCUT2D eigenvalue weighted by Crippen LogP contribution is -2.47. The Labute approximate surface area is 122 Å². The molecule has 7 heteroatoms. The number of hydrogen-bond acceptors (Lipinski definition) is 4. The number of ether oxygens (including phenoxy) is 1. The number of amides is 3. The minimum Gasteiger partial charge on any atom is -0.454 e. The second-order valence-electron chi connectivity index (χ2n) is 4.76. The predicted molar refractivity (Wildman–Crippen MR) is 77.4 cm³/mol. The first-order valence-corrected chi connectivity index (χ1v) is 6.47. The summed E-state index contributed by atoms with van der Waals surface area (Å²) in [5.74, 6) is -1.65. The highest BCUT2D eigenvalue weighted by Crippen LogP contribution is 2.07. The number of primary amides is 1. The molecule has 1 aromatic carbocycles. The molecule has 1 atom stereocenters. The van der Waals surface area contributed by atoms with Crippen molar-refractivity contribution < 1.29 is 19.1 Å². The van der Waals surface area contributed by atoms with Gasteiger partial charge in [0.05, 0.1) is 0 Å². The zero-order valence-electron chi connectivity index (χ0n) is 12.0. The van der Waals surface area contributed by atoms with E-state index in [2.05, 4.69) is 10.6 Å². The Hall–Kier alpha value is -2.57. The van der Waals surface area contributed by atoms with Gasteiger partial charge in [-0.2, -0.15) is 0 Å². The molecular weight excluding hydrogens is 274 g/mol. The van der Waals surface area contributed by atoms with E-state index in [9.17, 15) is 14.4 Å². The normalized spacial score (nSPS) is 11.6. The quantitative estimate of drug-likeness (QED) is 0.675. The molecule has 1 rings (SSSR count). The zero-order valence-corrected chi connectivity index (χ0v) is 12.0. The minimum absolute atomic E-state index is 0.202. The summed E-state index contributed by atoms with van der Waals surface area (Å²) in [6.45, 7) is 2.99. The first-order valence-electron chi connectivity index (χ1n) is 6.47. The number of nitrogens with one attached hydrogen (secondary N) is 2. The maximum atomic E-state index is 11.8. The Morgan fingerprint density at radius 1 is 1.19 bits per heavy atom. The van der Waals surface area contributed by atoms with Crippen molar-refractivity contribution in [3.63, 3.8) is 0 Å². The third-order valence-corrected chi connectivity index (χ3v) is 2.60. The van der Waals surface area contributed by atoms with E-state index >= 15 is 0 Å². The molecule has 0 fully saturated rings. The molecule has 0 unspecified atom stereocenters. The molecule has 0 radical (unpaired) electrons. The number of carbonyl (C=O) groups is 3. The zero-order chi connectivity index (χ0) is 15.8. The van der Waals surface area contributed by atoms with Gasteiger partial charge < -0.3 is 21.1 Å². The number of nitrogens with two attached hydrogens (primary N) is 1. The number of para-hydroxylation sites is 1. The molecule has 1 aromatic rings. The second kappa shape index (κ2) is 7.88. The van der Waals surface area contributed by atoms with Crippen molar-refractivity contribution >= 4 is 23.6 Å². The number of benzene rings is 1. The number of carbonyl (C=O) groups excluding carboxylic acids is 3. The Morgan fingerprint density at radius 3 is 2.33 bits per heavy atom. The van der Waals surface area contributed by atoms with E-state index in [-0.39, 0.29) is 5.92 Å². The highest BCUT2D eigenvalue weighted by molar-refractivity contribution is 5.93. The number of urea groups is 1. The van der Waals surface area contributed by atoms with Crippen LogP contribution in [0, 0.1) is 5.92 Å². The smallest absolute Gasteiger partial charge is 0.329 e. The lowest BCUT2D eigenvalue weighted by Gasteiger charge is -2.20. The SMILES string of the molecule is CC(C)[C@H](NC(=O)Nc1ccccc1)C(=O)OCC(N)=O. The van der Waals surface area contributed by atoms with Crippen LogP contribution in [0.3, 0.4) is 0 Å². The van der Waals surface area contributed by atoms with Crippen molar-refractivity contribution in [3.05, 3.63) is 30.3 Å². The van der Waals surface area contributed by atoms with E-state index in [1.807, 2.05) is 6.07 Å². The molecule has 0 spiro atoms. The molecule has 21 heavy (non-hydrogen) atoms. The first kappa shape index (κ1) is 16.5. The van der Waals surface area contributed by atoms with Crippen LogP contribution in [0.15, 0.2) is 30.3 Å². The molecule has 0 aliphatic rings. The van der Waals surface area contributed by atoms with Gasteiger partial charge in [-0.05, 0) is 18.1 Å². The summed E-state index contributed by atoms with van der Waals surface area (Å²) in [5, 5.41) is 5.11. The largest absolute Gasteiger partial charge is 0.454 e. The van der Waals surface area contributed by atoms with Crippen LogP contribution >= 0.6 is 0 Å². The molecule has 0 bridgehead atoms. The maximum Gasteiger partial charge on any atom is 0.329 e. The van der Waals surface area contributed by atoms with Crippen LogP contribution in [0.4, 0.5) is 10.5 Å². The lowest BCUT2D eigenvalue weighted by atomic mass is 10.1. The third-order valence-electron chi connectivity index (χ3n) is 2.60. The van der Waals surface area contributed by atoms with Gasteiger partial charge in [0.2, 0.25) is 0 Å². The topological polar surface area (TPSA) is 111 Å². The summed E-state index contributed by atoms with van der Waals surface area (Å²) in [5.41, 5.74) is 5.50. The highest BCUT2D eigenvalue weighted by atomic mass is 16.5. The highest BCUT2D eigenvalue weighted by Gasteiger charge is 2.26. The molecule has 0 aliphatic carbocycles. The van der Waals surface area contributed by atoms with Crippen molar-refractivity contribution in [1.82, 2.24) is 5.32 Å². The average molecular weight is 293 g/mol. The van der Waals surface area contributed by atoms with Gasteiger partial charge in [0.25, 0.3) is 5.91 Å². The van der Waals surface area contributed by atoms with Crippen molar-refractivity contribution in [2.45, 2.75) is 19.9 Å². The Morgan fingerprint density at radius 2 is 1.81 bits per heavy atom. The van der Waals surface area contributed by atoms with E-state index in [4.69, 9.17) is 10.5 Å². The van der Waals surface area contributed by atoms with Gasteiger partial charge in [-0.15, -0.1) is 0 Å². The molecule has 3 amide bonds. The van der Waals surface area contributed by atoms with Crippen LogP contribution < -0.4 is 16.4 Å². The van der Waals surface area contributed by atoms with Gasteiger partial charge in [-0.3, -0.25) is 4.79 Å². The molecule has 7 nitrogen and oxygen atoms in total. The molecule has 4 N–H and O–H groups in total. The summed E-state index contributed by atoms with van der Waals surface area (Å²) in [6, 6.07) is 7.41. The van der Waals surface area contributed by atoms with Gasteiger partial charge in [-0.25, -0.2) is 9.59 Å². The lowest BCUT2D eigenvalue weighted by molar-refractivity contribution is -0.150. The van der Waals surface area contributed by atoms with E-state index in [0.29, 0.717) is 5.69 Å². The molecule has 0 aliphatic heterocycles. The maximum absolute atomic E-state index is 11.8. The molecule has 0 heterocycles. The summed E-state index contributed by atoms with van der Waals surface area (Å²) in [4.78, 5) is 34.3. The molecule has 0 aromatic heterocycles. The van der Waals surface area contributed by atoms with Gasteiger partial charge in [0.1, 0.15) is 6.04 Å². The van der Waals surface area contributed by atoms with E-state index in [0.717, 1.165) is 0 Å². The van der Waals surface area contributed by atoms with Crippen LogP contribution in [0.1, 0.15) is 13.8 Å². The van der Waals surface area contributed by atoms with Crippen LogP contribution in [0.25, 0.3) is 0 Å². The van der Waals surface area contributed by atoms with Crippen molar-refractivity contribution in [1.29, 1.82) is 0 Å². The van der Waals surface area contributed by atoms with Crippen LogP contribution in [0.2, 0.25) is 0 Å². The monoisotopic (exact) mass is 293 g/mol. The number of anilines is 1. The van der Waals surface area contributed by atoms with Crippen molar-refractivity contribution in [3.8, 4) is 0 Å². The number of esters is 1. The predicted octanol–water partition coefficient (Wildman–Crippen LogP) is 0.861. The average Bonchev–Trinajstić information content (AvgIpc) is 2.43. The molecule has 0 saturated heterocycles. The Balaban J connectivity index is 2.59. The van der Waals surface area contributed by atoms with Gasteiger partial charge in [-0.1, -0.05) is 32.0 Å². The fourth-order valence-electron chi connectivity index (χ4n) is 1.56. The molecule has 0 saturated carbocycles. The van der Waals surface area contributed by atoms with E-state index < -0.39 is 30.6 Å². The second-order valence-corrected chi connectivity index (χ2v) is 4.76. The van der Waals surface area contributed by atoms with Crippen LogP contribution in [-0.2, 0) is 14.3 Å². The number of rotatable bonds is 6. The Bertz CT molecular complexity index is 502. The summed E-state index contributed by atoms with van der Waals surface area (Å²) in [6.07, 6.45) is 0. The van der Waals surface area contributed by atoms with Gasteiger partial charge in [0.15, 0.2) is 6.61 Å².